The molecule has 0 saturated heterocycles. The highest BCUT2D eigenvalue weighted by Crippen LogP contribution is 2.35. The van der Waals surface area contributed by atoms with E-state index in [1.807, 2.05) is 0 Å². The van der Waals surface area contributed by atoms with E-state index in [0.717, 1.165) is 63.5 Å². The number of anilines is 1. The topological polar surface area (TPSA) is 110 Å². The highest BCUT2D eigenvalue weighted by Gasteiger charge is 2.32. The molecule has 7 nitrogen and oxygen atoms in total. The molecule has 0 bridgehead atoms. The molecule has 0 saturated carbocycles. The second-order valence-electron chi connectivity index (χ2n) is 8.69. The first-order valence-corrected chi connectivity index (χ1v) is 11.9. The Morgan fingerprint density at radius 1 is 1.22 bits per heavy atom. The van der Waals surface area contributed by atoms with Crippen molar-refractivity contribution in [2.24, 2.45) is 5.73 Å². The van der Waals surface area contributed by atoms with Crippen molar-refractivity contribution in [3.8, 4) is 5.75 Å². The van der Waals surface area contributed by atoms with E-state index >= 15 is 0 Å². The van der Waals surface area contributed by atoms with Crippen LogP contribution in [0.1, 0.15) is 98.0 Å². The Morgan fingerprint density at radius 3 is 2.66 bits per heavy atom. The Hall–Kier alpha value is -2.67. The Kier molecular flexibility index (Phi) is 8.45. The highest BCUT2D eigenvalue weighted by atomic mass is 16.5. The van der Waals surface area contributed by atoms with Crippen LogP contribution < -0.4 is 15.8 Å². The van der Waals surface area contributed by atoms with E-state index in [4.69, 9.17) is 10.5 Å². The van der Waals surface area contributed by atoms with Gasteiger partial charge in [0.05, 0.1) is 17.3 Å². The number of aromatic amines is 1. The molecule has 0 spiro atoms. The lowest BCUT2D eigenvalue weighted by Gasteiger charge is -2.35. The molecule has 0 aromatic carbocycles. The number of amides is 1. The Labute approximate surface area is 190 Å². The van der Waals surface area contributed by atoms with Crippen molar-refractivity contribution in [2.45, 2.75) is 83.7 Å². The number of pyridine rings is 1. The van der Waals surface area contributed by atoms with Gasteiger partial charge in [-0.3, -0.25) is 14.6 Å². The van der Waals surface area contributed by atoms with Crippen LogP contribution in [-0.4, -0.2) is 33.8 Å². The van der Waals surface area contributed by atoms with Crippen LogP contribution in [0.3, 0.4) is 0 Å². The Morgan fingerprint density at radius 2 is 1.97 bits per heavy atom. The quantitative estimate of drug-likeness (QED) is 0.429. The van der Waals surface area contributed by atoms with Crippen molar-refractivity contribution >= 4 is 17.4 Å². The minimum atomic E-state index is -0.370. The van der Waals surface area contributed by atoms with Gasteiger partial charge in [-0.25, -0.2) is 0 Å². The first-order valence-electron chi connectivity index (χ1n) is 11.9. The minimum Gasteiger partial charge on any atom is -0.485 e. The molecule has 2 aromatic heterocycles. The summed E-state index contributed by atoms with van der Waals surface area (Å²) in [6.45, 7) is 4.88. The first kappa shape index (κ1) is 24.0. The number of unbranched alkanes of at least 4 members (excludes halogenated alkanes) is 2. The van der Waals surface area contributed by atoms with Gasteiger partial charge in [0.2, 0.25) is 0 Å². The van der Waals surface area contributed by atoms with Crippen LogP contribution in [0.25, 0.3) is 0 Å². The summed E-state index contributed by atoms with van der Waals surface area (Å²) in [7, 11) is 0. The van der Waals surface area contributed by atoms with E-state index in [1.165, 1.54) is 0 Å². The van der Waals surface area contributed by atoms with E-state index in [2.05, 4.69) is 29.1 Å². The van der Waals surface area contributed by atoms with Crippen LogP contribution in [0, 0.1) is 0 Å². The van der Waals surface area contributed by atoms with Crippen molar-refractivity contribution in [3.63, 3.8) is 0 Å². The molecule has 2 heterocycles. The molecule has 1 aliphatic rings. The molecule has 7 heteroatoms. The number of ketones is 1. The number of rotatable bonds is 12. The maximum absolute atomic E-state index is 13.1. The molecule has 2 aromatic rings. The van der Waals surface area contributed by atoms with Gasteiger partial charge in [0, 0.05) is 30.6 Å². The molecule has 0 fully saturated rings. The van der Waals surface area contributed by atoms with Crippen molar-refractivity contribution in [1.29, 1.82) is 0 Å². The molecule has 4 N–H and O–H groups in total. The summed E-state index contributed by atoms with van der Waals surface area (Å²) in [5, 5.41) is 2.93. The van der Waals surface area contributed by atoms with Gasteiger partial charge in [0.25, 0.3) is 5.91 Å². The fourth-order valence-corrected chi connectivity index (χ4v) is 4.49. The lowest BCUT2D eigenvalue weighted by atomic mass is 9.87. The maximum atomic E-state index is 13.1. The van der Waals surface area contributed by atoms with Crippen LogP contribution >= 0.6 is 0 Å². The predicted octanol–water partition coefficient (Wildman–Crippen LogP) is 5.03. The number of carbonyl (C=O) groups is 2. The second-order valence-corrected chi connectivity index (χ2v) is 8.69. The van der Waals surface area contributed by atoms with Gasteiger partial charge >= 0.3 is 0 Å². The zero-order valence-electron chi connectivity index (χ0n) is 19.3. The van der Waals surface area contributed by atoms with E-state index in [-0.39, 0.29) is 17.3 Å². The zero-order chi connectivity index (χ0) is 23.0. The van der Waals surface area contributed by atoms with Crippen molar-refractivity contribution in [1.82, 2.24) is 9.97 Å². The van der Waals surface area contributed by atoms with Gasteiger partial charge in [-0.15, -0.1) is 0 Å². The number of ether oxygens (including phenoxy) is 1. The molecular formula is C25H36N4O3. The lowest BCUT2D eigenvalue weighted by Crippen LogP contribution is -2.38. The number of hydrogen-bond acceptors (Lipinski definition) is 5. The minimum absolute atomic E-state index is 0.0152. The third-order valence-corrected chi connectivity index (χ3v) is 6.24. The summed E-state index contributed by atoms with van der Waals surface area (Å²) in [4.78, 5) is 32.8. The van der Waals surface area contributed by atoms with E-state index in [1.54, 1.807) is 24.7 Å². The number of fused-ring (bicyclic) bond motifs is 1. The van der Waals surface area contributed by atoms with Gasteiger partial charge in [-0.1, -0.05) is 26.7 Å². The molecular weight excluding hydrogens is 404 g/mol. The number of hydrogen-bond donors (Lipinski definition) is 3. The monoisotopic (exact) mass is 440 g/mol. The van der Waals surface area contributed by atoms with Crippen LogP contribution in [0.2, 0.25) is 0 Å². The fourth-order valence-electron chi connectivity index (χ4n) is 4.49. The Balaban J connectivity index is 1.85. The largest absolute Gasteiger partial charge is 0.485 e. The van der Waals surface area contributed by atoms with Gasteiger partial charge in [0.15, 0.2) is 5.78 Å². The van der Waals surface area contributed by atoms with Crippen molar-refractivity contribution < 1.29 is 14.3 Å². The van der Waals surface area contributed by atoms with Gasteiger partial charge in [-0.05, 0) is 51.5 Å². The van der Waals surface area contributed by atoms with Crippen molar-refractivity contribution in [2.75, 3.05) is 11.9 Å². The molecule has 3 rings (SSSR count). The first-order chi connectivity index (χ1) is 15.5. The SMILES string of the molecule is CCCCC(CCN)(CCCC)Oc1ccncc1NC(=O)c1c[nH]c2c1C(=O)CCC2. The summed E-state index contributed by atoms with van der Waals surface area (Å²) >= 11 is 0. The molecule has 0 unspecified atom stereocenters. The zero-order valence-corrected chi connectivity index (χ0v) is 19.3. The van der Waals surface area contributed by atoms with E-state index < -0.39 is 0 Å². The number of aromatic nitrogens is 2. The lowest BCUT2D eigenvalue weighted by molar-refractivity contribution is 0.0398. The van der Waals surface area contributed by atoms with E-state index in [0.29, 0.717) is 35.5 Å². The second kappa shape index (κ2) is 11.3. The van der Waals surface area contributed by atoms with Gasteiger partial charge < -0.3 is 20.8 Å². The summed E-state index contributed by atoms with van der Waals surface area (Å²) in [6.07, 6.45) is 13.8. The summed E-state index contributed by atoms with van der Waals surface area (Å²) in [5.41, 5.74) is 7.85. The number of nitrogens with one attached hydrogen (secondary N) is 2. The summed E-state index contributed by atoms with van der Waals surface area (Å²) < 4.78 is 6.62. The third kappa shape index (κ3) is 5.57. The average molecular weight is 441 g/mol. The summed E-state index contributed by atoms with van der Waals surface area (Å²) in [5.74, 6) is 0.272. The van der Waals surface area contributed by atoms with E-state index in [9.17, 15) is 9.59 Å². The molecule has 0 radical (unpaired) electrons. The molecule has 0 aliphatic heterocycles. The number of aryl methyl sites for hydroxylation is 1. The molecule has 0 atom stereocenters. The average Bonchev–Trinajstić information content (AvgIpc) is 3.23. The number of nitrogens with zero attached hydrogens (tertiary/aromatic N) is 1. The normalized spacial score (nSPS) is 13.7. The van der Waals surface area contributed by atoms with Crippen LogP contribution in [0.5, 0.6) is 5.75 Å². The van der Waals surface area contributed by atoms with Crippen LogP contribution in [0.4, 0.5) is 5.69 Å². The van der Waals surface area contributed by atoms with Gasteiger partial charge in [0.1, 0.15) is 17.0 Å². The van der Waals surface area contributed by atoms with Crippen LogP contribution in [0.15, 0.2) is 24.7 Å². The highest BCUT2D eigenvalue weighted by molar-refractivity contribution is 6.13. The fraction of sp³-hybridized carbons (Fsp3) is 0.560. The standard InChI is InChI=1S/C25H36N4O3/c1-3-5-11-25(13-14-26,12-6-4-2)32-22-10-15-27-17-20(22)29-24(31)18-16-28-19-8-7-9-21(30)23(18)19/h10,15-17,28H,3-9,11-14,26H2,1-2H3,(H,29,31). The number of nitrogens with two attached hydrogens (primary N) is 1. The molecule has 174 valence electrons. The maximum Gasteiger partial charge on any atom is 0.258 e. The number of carbonyl (C=O) groups excluding carboxylic acids is 2. The van der Waals surface area contributed by atoms with Gasteiger partial charge in [-0.2, -0.15) is 0 Å². The Bertz CT molecular complexity index is 914. The molecule has 1 amide bonds. The summed E-state index contributed by atoms with van der Waals surface area (Å²) in [6, 6.07) is 1.79. The number of Topliss-reactive ketones (excluding diaryl/α,β-unsaturated/α-hetero) is 1. The third-order valence-electron chi connectivity index (χ3n) is 6.24. The molecule has 1 aliphatic carbocycles. The number of H-pyrrole nitrogens is 1. The predicted molar refractivity (Wildman–Crippen MR) is 126 cm³/mol. The smallest absolute Gasteiger partial charge is 0.258 e. The molecule has 32 heavy (non-hydrogen) atoms. The van der Waals surface area contributed by atoms with Crippen LogP contribution in [-0.2, 0) is 6.42 Å². The van der Waals surface area contributed by atoms with Crippen molar-refractivity contribution in [3.05, 3.63) is 41.5 Å².